The molecule has 206 valence electrons. The van der Waals surface area contributed by atoms with Crippen LogP contribution >= 0.6 is 11.6 Å². The Morgan fingerprint density at radius 3 is 2.44 bits per heavy atom. The highest BCUT2D eigenvalue weighted by atomic mass is 35.5. The van der Waals surface area contributed by atoms with Gasteiger partial charge in [0, 0.05) is 30.6 Å². The fraction of sp³-hybridized carbons (Fsp3) is 0.517. The third-order valence-corrected chi connectivity index (χ3v) is 11.9. The number of carbonyl (C=O) groups is 1. The topological polar surface area (TPSA) is 82.1 Å². The second-order valence-corrected chi connectivity index (χ2v) is 15.1. The Labute approximate surface area is 233 Å². The van der Waals surface area contributed by atoms with E-state index in [0.29, 0.717) is 36.7 Å². The fourth-order valence-corrected chi connectivity index (χ4v) is 9.27. The van der Waals surface area contributed by atoms with E-state index in [1.165, 1.54) is 18.6 Å². The van der Waals surface area contributed by atoms with Crippen molar-refractivity contribution < 1.29 is 17.6 Å². The number of amides is 1. The summed E-state index contributed by atoms with van der Waals surface area (Å²) in [6, 6.07) is 12.4. The minimum absolute atomic E-state index is 0.00341. The van der Waals surface area contributed by atoms with Crippen molar-refractivity contribution in [3.05, 3.63) is 64.9 Å². The van der Waals surface area contributed by atoms with Crippen LogP contribution in [0.4, 0.5) is 4.39 Å². The number of carbonyl (C=O) groups excluding carboxylic acids is 1. The number of rotatable bonds is 7. The highest BCUT2D eigenvalue weighted by Gasteiger charge is 2.75. The van der Waals surface area contributed by atoms with Gasteiger partial charge in [-0.1, -0.05) is 35.9 Å². The maximum atomic E-state index is 14.3. The van der Waals surface area contributed by atoms with E-state index in [-0.39, 0.29) is 27.8 Å². The van der Waals surface area contributed by atoms with Gasteiger partial charge in [0.05, 0.1) is 15.5 Å². The van der Waals surface area contributed by atoms with Crippen LogP contribution in [0, 0.1) is 23.1 Å². The van der Waals surface area contributed by atoms with Crippen LogP contribution in [0.2, 0.25) is 5.02 Å². The predicted molar refractivity (Wildman–Crippen MR) is 146 cm³/mol. The molecule has 1 amide bonds. The molecule has 4 aliphatic carbocycles. The second-order valence-electron chi connectivity index (χ2n) is 12.8. The number of benzene rings is 2. The molecule has 2 aromatic rings. The molecular weight excluding hydrogens is 539 g/mol. The Kier molecular flexibility index (Phi) is 5.40. The lowest BCUT2D eigenvalue weighted by Gasteiger charge is -2.72. The van der Waals surface area contributed by atoms with Crippen molar-refractivity contribution in [2.75, 3.05) is 13.1 Å². The highest BCUT2D eigenvalue weighted by molar-refractivity contribution is 7.89. The van der Waals surface area contributed by atoms with Crippen molar-refractivity contribution in [1.82, 2.24) is 14.5 Å². The molecule has 5 fully saturated rings. The molecule has 1 saturated heterocycles. The van der Waals surface area contributed by atoms with Crippen LogP contribution in [0.5, 0.6) is 0 Å². The van der Waals surface area contributed by atoms with Crippen molar-refractivity contribution in [1.29, 1.82) is 0 Å². The van der Waals surface area contributed by atoms with Gasteiger partial charge in [-0.05, 0) is 81.2 Å². The van der Waals surface area contributed by atoms with Crippen molar-refractivity contribution >= 4 is 33.4 Å². The van der Waals surface area contributed by atoms with E-state index in [1.54, 1.807) is 40.7 Å². The van der Waals surface area contributed by atoms with Crippen LogP contribution in [0.25, 0.3) is 0 Å². The molecule has 3 atom stereocenters. The van der Waals surface area contributed by atoms with Crippen LogP contribution < -0.4 is 5.32 Å². The predicted octanol–water partition coefficient (Wildman–Crippen LogP) is 4.22. The maximum absolute atomic E-state index is 14.3. The molecule has 1 N–H and O–H groups in total. The molecule has 6 aliphatic rings. The fourth-order valence-electron chi connectivity index (χ4n) is 7.38. The Balaban J connectivity index is 1.13. The number of halogens is 2. The quantitative estimate of drug-likeness (QED) is 0.540. The van der Waals surface area contributed by atoms with E-state index < -0.39 is 33.0 Å². The number of sulfonamides is 1. The third kappa shape index (κ3) is 3.87. The molecule has 2 aliphatic heterocycles. The largest absolute Gasteiger partial charge is 0.360 e. The van der Waals surface area contributed by atoms with Crippen LogP contribution in [-0.2, 0) is 21.4 Å². The number of hydrogen-bond donors (Lipinski definition) is 1. The molecule has 10 heteroatoms. The Morgan fingerprint density at radius 2 is 1.79 bits per heavy atom. The average molecular weight is 571 g/mol. The molecule has 0 radical (unpaired) electrons. The molecule has 39 heavy (non-hydrogen) atoms. The van der Waals surface area contributed by atoms with E-state index in [0.717, 1.165) is 18.9 Å². The number of hydrogen-bond acceptors (Lipinski definition) is 5. The number of nitrogens with one attached hydrogen (secondary N) is 1. The monoisotopic (exact) mass is 570 g/mol. The zero-order valence-electron chi connectivity index (χ0n) is 22.0. The first kappa shape index (κ1) is 25.5. The van der Waals surface area contributed by atoms with Crippen LogP contribution in [0.3, 0.4) is 0 Å². The average Bonchev–Trinajstić information content (AvgIpc) is 3.32. The summed E-state index contributed by atoms with van der Waals surface area (Å²) in [7, 11) is -3.86. The first-order chi connectivity index (χ1) is 18.4. The lowest BCUT2D eigenvalue weighted by Crippen LogP contribution is -2.78. The number of amidine groups is 1. The van der Waals surface area contributed by atoms with Crippen molar-refractivity contribution in [2.24, 2.45) is 22.2 Å². The highest BCUT2D eigenvalue weighted by Crippen LogP contribution is 2.71. The minimum atomic E-state index is -3.86. The lowest BCUT2D eigenvalue weighted by molar-refractivity contribution is -0.151. The normalized spacial score (nSPS) is 33.6. The number of piperidine rings is 1. The summed E-state index contributed by atoms with van der Waals surface area (Å²) < 4.78 is 43.6. The van der Waals surface area contributed by atoms with Gasteiger partial charge in [-0.25, -0.2) is 12.8 Å². The minimum Gasteiger partial charge on any atom is -0.360 e. The molecule has 2 bridgehead atoms. The third-order valence-electron chi connectivity index (χ3n) is 9.60. The maximum Gasteiger partial charge on any atom is 0.247 e. The first-order valence-corrected chi connectivity index (χ1v) is 15.4. The van der Waals surface area contributed by atoms with Gasteiger partial charge < -0.3 is 10.2 Å². The van der Waals surface area contributed by atoms with Gasteiger partial charge in [0.1, 0.15) is 17.7 Å². The van der Waals surface area contributed by atoms with Gasteiger partial charge in [0.2, 0.25) is 15.9 Å². The van der Waals surface area contributed by atoms with E-state index in [2.05, 4.69) is 5.32 Å². The van der Waals surface area contributed by atoms with Gasteiger partial charge in [-0.2, -0.15) is 4.31 Å². The zero-order chi connectivity index (χ0) is 27.4. The van der Waals surface area contributed by atoms with Crippen molar-refractivity contribution in [3.63, 3.8) is 0 Å². The van der Waals surface area contributed by atoms with Gasteiger partial charge in [0.15, 0.2) is 0 Å². The van der Waals surface area contributed by atoms with Gasteiger partial charge in [-0.3, -0.25) is 9.79 Å². The molecule has 2 unspecified atom stereocenters. The van der Waals surface area contributed by atoms with Gasteiger partial charge in [-0.15, -0.1) is 0 Å². The van der Waals surface area contributed by atoms with E-state index >= 15 is 0 Å². The smallest absolute Gasteiger partial charge is 0.247 e. The number of likely N-dealkylation sites (tertiary alicyclic amines) is 1. The molecule has 4 saturated carbocycles. The summed E-state index contributed by atoms with van der Waals surface area (Å²) in [5, 5.41) is 3.49. The summed E-state index contributed by atoms with van der Waals surface area (Å²) in [6.07, 6.45) is 3.07. The summed E-state index contributed by atoms with van der Waals surface area (Å²) >= 11 is 5.88. The number of nitrogens with zero attached hydrogens (tertiary/aromatic N) is 3. The lowest BCUT2D eigenvalue weighted by atomic mass is 9.38. The van der Waals surface area contributed by atoms with E-state index in [1.807, 2.05) is 18.7 Å². The number of fused-ring (bicyclic) bond motifs is 1. The number of aliphatic imine (C=N–C) groups is 1. The molecule has 0 spiro atoms. The molecular formula is C29H32ClFN4O3S. The molecule has 2 aromatic carbocycles. The molecule has 2 heterocycles. The summed E-state index contributed by atoms with van der Waals surface area (Å²) in [4.78, 5) is 20.6. The van der Waals surface area contributed by atoms with Crippen molar-refractivity contribution in [3.8, 4) is 0 Å². The summed E-state index contributed by atoms with van der Waals surface area (Å²) in [5.74, 6) is 1.71. The van der Waals surface area contributed by atoms with Gasteiger partial charge in [0.25, 0.3) is 0 Å². The summed E-state index contributed by atoms with van der Waals surface area (Å²) in [6.45, 7) is 5.73. The van der Waals surface area contributed by atoms with Crippen LogP contribution in [-0.4, -0.2) is 59.6 Å². The van der Waals surface area contributed by atoms with Crippen molar-refractivity contribution in [2.45, 2.75) is 68.1 Å². The second kappa shape index (κ2) is 8.27. The van der Waals surface area contributed by atoms with Crippen LogP contribution in [0.1, 0.15) is 45.1 Å². The molecule has 0 aromatic heterocycles. The van der Waals surface area contributed by atoms with E-state index in [9.17, 15) is 17.6 Å². The Hall–Kier alpha value is -2.49. The molecule has 7 nitrogen and oxygen atoms in total. The van der Waals surface area contributed by atoms with Crippen LogP contribution in [0.15, 0.2) is 58.4 Å². The molecule has 8 rings (SSSR count). The Morgan fingerprint density at radius 1 is 1.13 bits per heavy atom. The van der Waals surface area contributed by atoms with Gasteiger partial charge >= 0.3 is 0 Å². The first-order valence-electron chi connectivity index (χ1n) is 13.6. The standard InChI is InChI=1S/C29H32ClFN4O3S/c1-27(2)24(25(36)34-13-19-11-20(19)14-34)32-26(33-27)28-15-29(16-28,17-28)35(12-18-8-9-22(30)23(31)10-18)39(37,38)21-6-4-3-5-7-21/h3-10,19-20,24H,11-17H2,1-2H3,(H,32,33)/t19?,20?,24-,28?,29?/m0/s1. The van der Waals surface area contributed by atoms with E-state index in [4.69, 9.17) is 16.6 Å². The SMILES string of the molecule is CC1(C)N=C(C23CC(N(Cc4ccc(Cl)c(F)c4)S(=O)(=O)c4ccccc4)(C2)C3)N[C@H]1C(=O)N1CC2CC2C1. The zero-order valence-corrected chi connectivity index (χ0v) is 23.6. The summed E-state index contributed by atoms with van der Waals surface area (Å²) in [5.41, 5.74) is -0.882. The Bertz CT molecular complexity index is 1480.